The van der Waals surface area contributed by atoms with Gasteiger partial charge in [-0.15, -0.1) is 0 Å². The van der Waals surface area contributed by atoms with Crippen LogP contribution < -0.4 is 5.73 Å². The van der Waals surface area contributed by atoms with E-state index in [2.05, 4.69) is 27.7 Å². The minimum Gasteiger partial charge on any atom is -0.325 e. The largest absolute Gasteiger partial charge is 0.325 e. The summed E-state index contributed by atoms with van der Waals surface area (Å²) in [5, 5.41) is 0. The van der Waals surface area contributed by atoms with Gasteiger partial charge < -0.3 is 5.73 Å². The molecular formula is C11H23N. The van der Waals surface area contributed by atoms with Gasteiger partial charge >= 0.3 is 0 Å². The molecule has 0 spiro atoms. The molecule has 12 heavy (non-hydrogen) atoms. The first-order chi connectivity index (χ1) is 5.41. The lowest BCUT2D eigenvalue weighted by Gasteiger charge is -2.18. The lowest BCUT2D eigenvalue weighted by molar-refractivity contribution is 0.340. The fourth-order valence-corrected chi connectivity index (χ4v) is 2.71. The molecule has 1 aliphatic rings. The molecule has 3 unspecified atom stereocenters. The monoisotopic (exact) mass is 169 g/mol. The fraction of sp³-hybridized carbons (Fsp3) is 1.00. The molecule has 0 aromatic carbocycles. The zero-order valence-corrected chi connectivity index (χ0v) is 8.93. The smallest absolute Gasteiger partial charge is 0.0131 e. The van der Waals surface area contributed by atoms with Crippen LogP contribution in [0.5, 0.6) is 0 Å². The first-order valence-electron chi connectivity index (χ1n) is 5.19. The van der Waals surface area contributed by atoms with E-state index in [9.17, 15) is 0 Å². The average Bonchev–Trinajstić information content (AvgIpc) is 2.03. The maximum Gasteiger partial charge on any atom is 0.0131 e. The van der Waals surface area contributed by atoms with Crippen molar-refractivity contribution >= 4 is 0 Å². The predicted molar refractivity (Wildman–Crippen MR) is 53.9 cm³/mol. The Morgan fingerprint density at radius 1 is 1.42 bits per heavy atom. The van der Waals surface area contributed by atoms with Crippen molar-refractivity contribution in [3.8, 4) is 0 Å². The summed E-state index contributed by atoms with van der Waals surface area (Å²) in [5.74, 6) is 2.54. The molecule has 1 heteroatoms. The second-order valence-electron chi connectivity index (χ2n) is 5.43. The number of rotatable bonds is 2. The lowest BCUT2D eigenvalue weighted by atomic mass is 9.89. The highest BCUT2D eigenvalue weighted by Gasteiger charge is 2.36. The van der Waals surface area contributed by atoms with E-state index < -0.39 is 0 Å². The van der Waals surface area contributed by atoms with Crippen LogP contribution in [0.2, 0.25) is 0 Å². The molecule has 1 rings (SSSR count). The lowest BCUT2D eigenvalue weighted by Crippen LogP contribution is -2.32. The topological polar surface area (TPSA) is 26.0 Å². The Morgan fingerprint density at radius 3 is 2.33 bits per heavy atom. The summed E-state index contributed by atoms with van der Waals surface area (Å²) in [6.45, 7) is 9.16. The molecule has 0 amide bonds. The number of nitrogens with two attached hydrogens (primary N) is 1. The summed E-state index contributed by atoms with van der Waals surface area (Å²) in [7, 11) is 0. The van der Waals surface area contributed by atoms with Gasteiger partial charge in [-0.25, -0.2) is 0 Å². The molecule has 0 aromatic heterocycles. The molecule has 1 aliphatic carbocycles. The summed E-state index contributed by atoms with van der Waals surface area (Å²) in [5.41, 5.74) is 6.26. The van der Waals surface area contributed by atoms with Crippen LogP contribution >= 0.6 is 0 Å². The molecule has 0 bridgehead atoms. The molecule has 0 radical (unpaired) electrons. The van der Waals surface area contributed by atoms with Crippen molar-refractivity contribution in [2.45, 2.75) is 52.5 Å². The third-order valence-corrected chi connectivity index (χ3v) is 3.10. The van der Waals surface area contributed by atoms with Gasteiger partial charge in [0.15, 0.2) is 0 Å². The van der Waals surface area contributed by atoms with Crippen molar-refractivity contribution in [2.75, 3.05) is 0 Å². The van der Waals surface area contributed by atoms with E-state index in [-0.39, 0.29) is 5.54 Å². The molecule has 0 saturated heterocycles. The van der Waals surface area contributed by atoms with Crippen LogP contribution in [0.1, 0.15) is 47.0 Å². The molecule has 1 fully saturated rings. The molecular weight excluding hydrogens is 146 g/mol. The quantitative estimate of drug-likeness (QED) is 0.676. The molecule has 1 saturated carbocycles. The molecule has 1 nitrogen and oxygen atoms in total. The Balaban J connectivity index is 2.47. The van der Waals surface area contributed by atoms with Gasteiger partial charge in [-0.3, -0.25) is 0 Å². The van der Waals surface area contributed by atoms with E-state index >= 15 is 0 Å². The zero-order valence-electron chi connectivity index (χ0n) is 8.93. The van der Waals surface area contributed by atoms with Gasteiger partial charge in [-0.1, -0.05) is 20.8 Å². The number of hydrogen-bond donors (Lipinski definition) is 1. The van der Waals surface area contributed by atoms with Gasteiger partial charge in [-0.05, 0) is 43.9 Å². The van der Waals surface area contributed by atoms with Crippen LogP contribution in [-0.4, -0.2) is 5.54 Å². The Labute approximate surface area is 76.7 Å². The summed E-state index contributed by atoms with van der Waals surface area (Å²) >= 11 is 0. The minimum absolute atomic E-state index is 0.124. The van der Waals surface area contributed by atoms with E-state index in [0.29, 0.717) is 0 Å². The highest BCUT2D eigenvalue weighted by molar-refractivity contribution is 4.93. The molecule has 3 atom stereocenters. The predicted octanol–water partition coefficient (Wildman–Crippen LogP) is 2.80. The Hall–Kier alpha value is -0.0400. The molecule has 0 aromatic rings. The average molecular weight is 169 g/mol. The first kappa shape index (κ1) is 10.0. The summed E-state index contributed by atoms with van der Waals surface area (Å²) in [6.07, 6.45) is 3.80. The summed E-state index contributed by atoms with van der Waals surface area (Å²) in [4.78, 5) is 0. The first-order valence-corrected chi connectivity index (χ1v) is 5.19. The van der Waals surface area contributed by atoms with Crippen molar-refractivity contribution in [1.29, 1.82) is 0 Å². The molecule has 0 aliphatic heterocycles. The van der Waals surface area contributed by atoms with Gasteiger partial charge in [0, 0.05) is 5.54 Å². The third-order valence-electron chi connectivity index (χ3n) is 3.10. The van der Waals surface area contributed by atoms with E-state index in [0.717, 1.165) is 17.8 Å². The maximum absolute atomic E-state index is 6.13. The molecule has 72 valence electrons. The second kappa shape index (κ2) is 3.37. The van der Waals surface area contributed by atoms with Crippen molar-refractivity contribution in [3.05, 3.63) is 0 Å². The van der Waals surface area contributed by atoms with Crippen molar-refractivity contribution < 1.29 is 0 Å². The Kier molecular flexibility index (Phi) is 2.82. The summed E-state index contributed by atoms with van der Waals surface area (Å²) < 4.78 is 0. The molecule has 2 N–H and O–H groups in total. The van der Waals surface area contributed by atoms with Crippen LogP contribution in [0.4, 0.5) is 0 Å². The Bertz CT molecular complexity index is 149. The normalized spacial score (nSPS) is 42.5. The van der Waals surface area contributed by atoms with Gasteiger partial charge in [0.2, 0.25) is 0 Å². The van der Waals surface area contributed by atoms with Gasteiger partial charge in [0.25, 0.3) is 0 Å². The van der Waals surface area contributed by atoms with E-state index in [1.165, 1.54) is 19.3 Å². The highest BCUT2D eigenvalue weighted by atomic mass is 14.7. The second-order valence-corrected chi connectivity index (χ2v) is 5.43. The maximum atomic E-state index is 6.13. The van der Waals surface area contributed by atoms with E-state index in [1.54, 1.807) is 0 Å². The van der Waals surface area contributed by atoms with E-state index in [1.807, 2.05) is 0 Å². The van der Waals surface area contributed by atoms with Crippen LogP contribution in [-0.2, 0) is 0 Å². The van der Waals surface area contributed by atoms with Gasteiger partial charge in [0.05, 0.1) is 0 Å². The molecule has 0 heterocycles. The zero-order chi connectivity index (χ0) is 9.35. The third kappa shape index (κ3) is 2.48. The fourth-order valence-electron chi connectivity index (χ4n) is 2.71. The van der Waals surface area contributed by atoms with Crippen molar-refractivity contribution in [3.63, 3.8) is 0 Å². The van der Waals surface area contributed by atoms with Crippen LogP contribution in [0.25, 0.3) is 0 Å². The minimum atomic E-state index is 0.124. The SMILES string of the molecule is CC(C)CC1CC(C)(N)CC1C. The highest BCUT2D eigenvalue weighted by Crippen LogP contribution is 2.40. The van der Waals surface area contributed by atoms with Crippen molar-refractivity contribution in [1.82, 2.24) is 0 Å². The number of hydrogen-bond acceptors (Lipinski definition) is 1. The van der Waals surface area contributed by atoms with Crippen LogP contribution in [0.3, 0.4) is 0 Å². The van der Waals surface area contributed by atoms with Gasteiger partial charge in [-0.2, -0.15) is 0 Å². The van der Waals surface area contributed by atoms with Crippen LogP contribution in [0.15, 0.2) is 0 Å². The standard InChI is InChI=1S/C11H23N/c1-8(2)5-10-7-11(4,12)6-9(10)3/h8-10H,5-7,12H2,1-4H3. The summed E-state index contributed by atoms with van der Waals surface area (Å²) in [6, 6.07) is 0. The van der Waals surface area contributed by atoms with Gasteiger partial charge in [0.1, 0.15) is 0 Å². The Morgan fingerprint density at radius 2 is 2.00 bits per heavy atom. The van der Waals surface area contributed by atoms with Crippen molar-refractivity contribution in [2.24, 2.45) is 23.5 Å². The van der Waals surface area contributed by atoms with E-state index in [4.69, 9.17) is 5.73 Å². The van der Waals surface area contributed by atoms with Crippen LogP contribution in [0, 0.1) is 17.8 Å².